The molecule has 7 nitrogen and oxygen atoms in total. The van der Waals surface area contributed by atoms with Gasteiger partial charge in [0.1, 0.15) is 29.1 Å². The van der Waals surface area contributed by atoms with Crippen LogP contribution in [-0.4, -0.2) is 44.9 Å². The van der Waals surface area contributed by atoms with E-state index in [-0.39, 0.29) is 19.4 Å². The van der Waals surface area contributed by atoms with E-state index in [0.29, 0.717) is 12.1 Å². The smallest absolute Gasteiger partial charge is 0.275 e. The monoisotopic (exact) mass is 485 g/mol. The largest absolute Gasteiger partial charge is 0.503 e. The Labute approximate surface area is 189 Å². The first-order chi connectivity index (χ1) is 16.0. The van der Waals surface area contributed by atoms with Gasteiger partial charge in [0.05, 0.1) is 6.04 Å². The van der Waals surface area contributed by atoms with Crippen molar-refractivity contribution in [2.24, 2.45) is 0 Å². The maximum absolute atomic E-state index is 14.8. The lowest BCUT2D eigenvalue weighted by atomic mass is 9.83. The van der Waals surface area contributed by atoms with Crippen LogP contribution in [0.3, 0.4) is 0 Å². The third-order valence-electron chi connectivity index (χ3n) is 6.29. The van der Waals surface area contributed by atoms with Crippen LogP contribution in [0.15, 0.2) is 23.1 Å². The van der Waals surface area contributed by atoms with Crippen molar-refractivity contribution in [3.63, 3.8) is 0 Å². The Kier molecular flexibility index (Phi) is 5.86. The minimum absolute atomic E-state index is 0.0831. The number of aromatic nitrogens is 1. The molecule has 2 N–H and O–H groups in total. The first-order valence-electron chi connectivity index (χ1n) is 10.6. The van der Waals surface area contributed by atoms with Gasteiger partial charge >= 0.3 is 0 Å². The van der Waals surface area contributed by atoms with Crippen LogP contribution in [0.4, 0.5) is 22.0 Å². The molecule has 1 aromatic heterocycles. The minimum Gasteiger partial charge on any atom is -0.503 e. The van der Waals surface area contributed by atoms with Crippen molar-refractivity contribution in [3.05, 3.63) is 62.8 Å². The molecule has 0 spiro atoms. The maximum Gasteiger partial charge on any atom is 0.275 e. The van der Waals surface area contributed by atoms with Gasteiger partial charge in [-0.1, -0.05) is 0 Å². The zero-order valence-corrected chi connectivity index (χ0v) is 17.9. The third kappa shape index (κ3) is 3.70. The lowest BCUT2D eigenvalue weighted by Gasteiger charge is -2.48. The van der Waals surface area contributed by atoms with Crippen molar-refractivity contribution < 1.29 is 36.6 Å². The Morgan fingerprint density at radius 2 is 1.85 bits per heavy atom. The molecule has 2 amide bonds. The molecule has 2 aliphatic rings. The number of carbonyl (C=O) groups excluding carboxylic acids is 2. The van der Waals surface area contributed by atoms with E-state index >= 15 is 0 Å². The van der Waals surface area contributed by atoms with Crippen LogP contribution >= 0.6 is 0 Å². The summed E-state index contributed by atoms with van der Waals surface area (Å²) in [5, 5.41) is 12.6. The molecule has 1 fully saturated rings. The number of hydrogen-bond donors (Lipinski definition) is 2. The number of pyridine rings is 1. The van der Waals surface area contributed by atoms with Gasteiger partial charge in [-0.15, -0.1) is 0 Å². The van der Waals surface area contributed by atoms with E-state index in [0.717, 1.165) is 15.7 Å². The standard InChI is InChI=1S/C22H20F5N3O4/c1-2-29-19-15(4-3-5-22(19,26)27)30-9-12(17(31)18(32)16(30)21(29)34)20(33)28-8-11-13(24)6-10(23)7-14(11)25/h6-7,9,15,19,32H,2-5,8H2,1H3,(H,28,33)/t15-,19-/m0/s1. The molecule has 0 saturated heterocycles. The van der Waals surface area contributed by atoms with Gasteiger partial charge in [-0.25, -0.2) is 22.0 Å². The fourth-order valence-corrected chi connectivity index (χ4v) is 4.72. The van der Waals surface area contributed by atoms with E-state index in [9.17, 15) is 41.4 Å². The predicted octanol–water partition coefficient (Wildman–Crippen LogP) is 3.11. The van der Waals surface area contributed by atoms with E-state index < -0.39 is 88.2 Å². The van der Waals surface area contributed by atoms with E-state index in [1.807, 2.05) is 0 Å². The van der Waals surface area contributed by atoms with E-state index in [2.05, 4.69) is 5.32 Å². The predicted molar refractivity (Wildman–Crippen MR) is 108 cm³/mol. The molecular weight excluding hydrogens is 465 g/mol. The molecule has 2 aromatic rings. The van der Waals surface area contributed by atoms with Crippen molar-refractivity contribution in [1.29, 1.82) is 0 Å². The first kappa shape index (κ1) is 23.7. The van der Waals surface area contributed by atoms with Crippen LogP contribution in [0.5, 0.6) is 5.75 Å². The molecule has 34 heavy (non-hydrogen) atoms. The van der Waals surface area contributed by atoms with Crippen molar-refractivity contribution >= 4 is 11.8 Å². The average molecular weight is 485 g/mol. The van der Waals surface area contributed by atoms with E-state index in [4.69, 9.17) is 0 Å². The average Bonchev–Trinajstić information content (AvgIpc) is 2.75. The van der Waals surface area contributed by atoms with Crippen molar-refractivity contribution in [2.75, 3.05) is 6.54 Å². The highest BCUT2D eigenvalue weighted by Gasteiger charge is 2.55. The molecule has 1 aliphatic carbocycles. The number of fused-ring (bicyclic) bond motifs is 3. The highest BCUT2D eigenvalue weighted by Crippen LogP contribution is 2.46. The van der Waals surface area contributed by atoms with Gasteiger partial charge in [0.2, 0.25) is 5.43 Å². The first-order valence-corrected chi connectivity index (χ1v) is 10.6. The van der Waals surface area contributed by atoms with Gasteiger partial charge in [0.25, 0.3) is 17.7 Å². The Hall–Kier alpha value is -3.44. The maximum atomic E-state index is 14.8. The number of halogens is 5. The van der Waals surface area contributed by atoms with Crippen LogP contribution in [0.2, 0.25) is 0 Å². The topological polar surface area (TPSA) is 91.6 Å². The Balaban J connectivity index is 1.74. The number of carbonyl (C=O) groups is 2. The summed E-state index contributed by atoms with van der Waals surface area (Å²) in [5.74, 6) is -10.1. The van der Waals surface area contributed by atoms with Crippen molar-refractivity contribution in [1.82, 2.24) is 14.8 Å². The summed E-state index contributed by atoms with van der Waals surface area (Å²) in [6.07, 6.45) is 0.777. The number of aromatic hydroxyl groups is 1. The van der Waals surface area contributed by atoms with Crippen LogP contribution in [-0.2, 0) is 6.54 Å². The van der Waals surface area contributed by atoms with Gasteiger partial charge in [-0.3, -0.25) is 14.4 Å². The zero-order chi connectivity index (χ0) is 24.9. The number of benzene rings is 1. The van der Waals surface area contributed by atoms with Gasteiger partial charge in [0, 0.05) is 43.4 Å². The number of amides is 2. The number of likely N-dealkylation sites (N-methyl/N-ethyl adjacent to an activating group) is 1. The molecule has 0 radical (unpaired) electrons. The summed E-state index contributed by atoms with van der Waals surface area (Å²) in [4.78, 5) is 39.1. The van der Waals surface area contributed by atoms with Crippen molar-refractivity contribution in [2.45, 2.75) is 50.7 Å². The van der Waals surface area contributed by atoms with E-state index in [1.165, 1.54) is 6.92 Å². The van der Waals surface area contributed by atoms with Gasteiger partial charge in [-0.2, -0.15) is 0 Å². The SMILES string of the molecule is CCN1C(=O)c2c(O)c(=O)c(C(=O)NCc3c(F)cc(F)cc3F)cn2[C@H]2CCCC(F)(F)[C@H]21. The van der Waals surface area contributed by atoms with Gasteiger partial charge in [-0.05, 0) is 19.8 Å². The molecule has 182 valence electrons. The summed E-state index contributed by atoms with van der Waals surface area (Å²) >= 11 is 0. The summed E-state index contributed by atoms with van der Waals surface area (Å²) < 4.78 is 71.4. The fraction of sp³-hybridized carbons (Fsp3) is 0.409. The second kappa shape index (κ2) is 8.41. The second-order valence-corrected chi connectivity index (χ2v) is 8.26. The summed E-state index contributed by atoms with van der Waals surface area (Å²) in [5.41, 5.74) is -3.11. The molecular formula is C22H20F5N3O4. The van der Waals surface area contributed by atoms with Crippen LogP contribution < -0.4 is 10.7 Å². The molecule has 1 saturated carbocycles. The Morgan fingerprint density at radius 3 is 2.47 bits per heavy atom. The molecule has 1 aliphatic heterocycles. The number of alkyl halides is 2. The Bertz CT molecular complexity index is 1220. The summed E-state index contributed by atoms with van der Waals surface area (Å²) in [6.45, 7) is 0.658. The molecule has 4 rings (SSSR count). The minimum atomic E-state index is -3.23. The van der Waals surface area contributed by atoms with E-state index in [1.54, 1.807) is 0 Å². The number of rotatable bonds is 4. The van der Waals surface area contributed by atoms with Crippen molar-refractivity contribution in [3.8, 4) is 5.75 Å². The van der Waals surface area contributed by atoms with Gasteiger partial charge in [0.15, 0.2) is 11.4 Å². The fourth-order valence-electron chi connectivity index (χ4n) is 4.72. The normalized spacial score (nSPS) is 21.1. The molecule has 0 bridgehead atoms. The molecule has 2 heterocycles. The summed E-state index contributed by atoms with van der Waals surface area (Å²) in [6, 6.07) is -1.72. The highest BCUT2D eigenvalue weighted by atomic mass is 19.3. The van der Waals surface area contributed by atoms with Crippen LogP contribution in [0.25, 0.3) is 0 Å². The third-order valence-corrected chi connectivity index (χ3v) is 6.29. The quantitative estimate of drug-likeness (QED) is 0.652. The lowest BCUT2D eigenvalue weighted by Crippen LogP contribution is -2.60. The number of hydrogen-bond acceptors (Lipinski definition) is 4. The lowest BCUT2D eigenvalue weighted by molar-refractivity contribution is -0.119. The van der Waals surface area contributed by atoms with Crippen LogP contribution in [0.1, 0.15) is 58.6 Å². The Morgan fingerprint density at radius 1 is 1.21 bits per heavy atom. The molecule has 0 unspecified atom stereocenters. The second-order valence-electron chi connectivity index (χ2n) is 8.26. The molecule has 12 heteroatoms. The number of nitrogens with one attached hydrogen (secondary N) is 1. The number of nitrogens with zero attached hydrogens (tertiary/aromatic N) is 2. The van der Waals surface area contributed by atoms with Gasteiger partial charge < -0.3 is 19.9 Å². The zero-order valence-electron chi connectivity index (χ0n) is 17.9. The molecule has 2 atom stereocenters. The summed E-state index contributed by atoms with van der Waals surface area (Å²) in [7, 11) is 0. The highest BCUT2D eigenvalue weighted by molar-refractivity contribution is 5.99. The van der Waals surface area contributed by atoms with Crippen LogP contribution in [0, 0.1) is 17.5 Å². The molecule has 1 aromatic carbocycles.